The molecule has 0 spiro atoms. The lowest BCUT2D eigenvalue weighted by atomic mass is 10.1. The number of rotatable bonds is 9. The highest BCUT2D eigenvalue weighted by Crippen LogP contribution is 2.19. The molecule has 19 heavy (non-hydrogen) atoms. The van der Waals surface area contributed by atoms with Crippen LogP contribution in [0.5, 0.6) is 0 Å². The van der Waals surface area contributed by atoms with Crippen LogP contribution in [0.3, 0.4) is 0 Å². The van der Waals surface area contributed by atoms with Gasteiger partial charge in [0.2, 0.25) is 0 Å². The van der Waals surface area contributed by atoms with E-state index < -0.39 is 9.76 Å². The lowest BCUT2D eigenvalue weighted by molar-refractivity contribution is 0.0662. The van der Waals surface area contributed by atoms with E-state index in [1.165, 1.54) is 11.1 Å². The second kappa shape index (κ2) is 9.07. The van der Waals surface area contributed by atoms with Crippen molar-refractivity contribution >= 4 is 15.8 Å². The molecule has 0 aliphatic rings. The topological polar surface area (TPSA) is 18.5 Å². The van der Waals surface area contributed by atoms with E-state index in [0.29, 0.717) is 18.3 Å². The van der Waals surface area contributed by atoms with Gasteiger partial charge in [-0.2, -0.15) is 0 Å². The van der Waals surface area contributed by atoms with Gasteiger partial charge in [-0.25, -0.2) is 0 Å². The first kappa shape index (κ1) is 16.2. The van der Waals surface area contributed by atoms with Gasteiger partial charge < -0.3 is 9.16 Å². The van der Waals surface area contributed by atoms with Crippen molar-refractivity contribution in [2.24, 2.45) is 0 Å². The van der Waals surface area contributed by atoms with Gasteiger partial charge in [-0.3, -0.25) is 0 Å². The van der Waals surface area contributed by atoms with E-state index in [1.807, 2.05) is 25.1 Å². The van der Waals surface area contributed by atoms with E-state index in [9.17, 15) is 0 Å². The molecule has 0 saturated heterocycles. The minimum Gasteiger partial charge on any atom is -0.419 e. The van der Waals surface area contributed by atoms with Crippen LogP contribution in [0.4, 0.5) is 0 Å². The molecule has 2 nitrogen and oxygen atoms in total. The van der Waals surface area contributed by atoms with Crippen molar-refractivity contribution in [2.75, 3.05) is 6.61 Å². The largest absolute Gasteiger partial charge is 0.419 e. The molecule has 0 fully saturated rings. The van der Waals surface area contributed by atoms with E-state index in [4.69, 9.17) is 9.16 Å². The molecule has 2 atom stereocenters. The van der Waals surface area contributed by atoms with Crippen LogP contribution in [0.25, 0.3) is 6.08 Å². The van der Waals surface area contributed by atoms with Crippen molar-refractivity contribution < 1.29 is 9.16 Å². The Morgan fingerprint density at radius 3 is 2.68 bits per heavy atom. The molecular formula is C16H26O2Si. The summed E-state index contributed by atoms with van der Waals surface area (Å²) in [5.41, 5.74) is 2.99. The Hall–Kier alpha value is -0.903. The Kier molecular flexibility index (Phi) is 7.71. The minimum absolute atomic E-state index is 0.316. The molecule has 1 aromatic rings. The highest BCUT2D eigenvalue weighted by atomic mass is 28.2. The monoisotopic (exact) mass is 278 g/mol. The zero-order chi connectivity index (χ0) is 14.1. The summed E-state index contributed by atoms with van der Waals surface area (Å²) in [6, 6.07) is 8.27. The number of hydrogen-bond acceptors (Lipinski definition) is 2. The fourth-order valence-corrected chi connectivity index (χ4v) is 3.45. The molecule has 0 N–H and O–H groups in total. The van der Waals surface area contributed by atoms with Crippen LogP contribution < -0.4 is 0 Å². The molecule has 0 aromatic heterocycles. The lowest BCUT2D eigenvalue weighted by Crippen LogP contribution is -2.22. The molecule has 106 valence electrons. The van der Waals surface area contributed by atoms with Crippen LogP contribution in [0, 0.1) is 0 Å². The van der Waals surface area contributed by atoms with Gasteiger partial charge in [0, 0.05) is 6.61 Å². The average molecular weight is 278 g/mol. The fourth-order valence-electron chi connectivity index (χ4n) is 2.17. The maximum Gasteiger partial charge on any atom is 0.167 e. The Labute approximate surface area is 119 Å². The summed E-state index contributed by atoms with van der Waals surface area (Å²) >= 11 is 0. The van der Waals surface area contributed by atoms with Crippen molar-refractivity contribution in [3.63, 3.8) is 0 Å². The van der Waals surface area contributed by atoms with Crippen molar-refractivity contribution in [1.29, 1.82) is 0 Å². The maximum atomic E-state index is 5.99. The summed E-state index contributed by atoms with van der Waals surface area (Å²) < 4.78 is 11.7. The minimum atomic E-state index is -0.569. The molecule has 0 bridgehead atoms. The summed E-state index contributed by atoms with van der Waals surface area (Å²) in [5.74, 6) is 0. The quantitative estimate of drug-likeness (QED) is 0.643. The predicted octanol–water partition coefficient (Wildman–Crippen LogP) is 3.55. The second-order valence-electron chi connectivity index (χ2n) is 4.75. The van der Waals surface area contributed by atoms with E-state index in [-0.39, 0.29) is 0 Å². The van der Waals surface area contributed by atoms with Crippen molar-refractivity contribution in [2.45, 2.75) is 45.4 Å². The van der Waals surface area contributed by atoms with Crippen molar-refractivity contribution in [3.05, 3.63) is 42.0 Å². The molecule has 0 radical (unpaired) electrons. The van der Waals surface area contributed by atoms with Crippen LogP contribution in [0.15, 0.2) is 30.8 Å². The number of ether oxygens (including phenoxy) is 1. The van der Waals surface area contributed by atoms with Crippen LogP contribution in [0.2, 0.25) is 5.54 Å². The third kappa shape index (κ3) is 5.31. The predicted molar refractivity (Wildman–Crippen MR) is 85.0 cm³/mol. The van der Waals surface area contributed by atoms with Gasteiger partial charge in [-0.15, -0.1) is 0 Å². The summed E-state index contributed by atoms with van der Waals surface area (Å²) in [6.07, 6.45) is 3.34. The zero-order valence-corrected chi connectivity index (χ0v) is 13.8. The Morgan fingerprint density at radius 2 is 2.05 bits per heavy atom. The lowest BCUT2D eigenvalue weighted by Gasteiger charge is -2.22. The van der Waals surface area contributed by atoms with Crippen LogP contribution >= 0.6 is 0 Å². The number of hydrogen-bond donors (Lipinski definition) is 0. The molecule has 0 amide bonds. The van der Waals surface area contributed by atoms with Gasteiger partial charge in [-0.1, -0.05) is 50.3 Å². The smallest absolute Gasteiger partial charge is 0.167 e. The van der Waals surface area contributed by atoms with Gasteiger partial charge in [0.1, 0.15) is 0 Å². The molecule has 1 rings (SSSR count). The summed E-state index contributed by atoms with van der Waals surface area (Å²) in [5, 5.41) is 0. The van der Waals surface area contributed by atoms with Crippen molar-refractivity contribution in [3.8, 4) is 0 Å². The maximum absolute atomic E-state index is 5.99. The highest BCUT2D eigenvalue weighted by molar-refractivity contribution is 6.29. The molecule has 1 aromatic carbocycles. The van der Waals surface area contributed by atoms with E-state index in [0.717, 1.165) is 13.0 Å². The third-order valence-electron chi connectivity index (χ3n) is 3.48. The highest BCUT2D eigenvalue weighted by Gasteiger charge is 2.16. The molecule has 0 aliphatic carbocycles. The first-order valence-electron chi connectivity index (χ1n) is 7.12. The van der Waals surface area contributed by atoms with Crippen LogP contribution in [-0.2, 0) is 15.8 Å². The standard InChI is InChI=1S/C16H26O2Si/c1-5-14-10-8-9-11-15(14)12-18-19-16(6-2)13(4)17-7-3/h5,8-11,13,16H,1,6-7,12,19H2,2-4H3. The van der Waals surface area contributed by atoms with Gasteiger partial charge in [0.15, 0.2) is 9.76 Å². The second-order valence-corrected chi connectivity index (χ2v) is 6.54. The molecule has 0 aliphatic heterocycles. The summed E-state index contributed by atoms with van der Waals surface area (Å²) in [7, 11) is -0.569. The molecule has 0 saturated carbocycles. The summed E-state index contributed by atoms with van der Waals surface area (Å²) in [4.78, 5) is 0. The van der Waals surface area contributed by atoms with Gasteiger partial charge in [0.25, 0.3) is 0 Å². The number of benzene rings is 1. The van der Waals surface area contributed by atoms with Gasteiger partial charge in [0.05, 0.1) is 12.7 Å². The van der Waals surface area contributed by atoms with Crippen molar-refractivity contribution in [1.82, 2.24) is 0 Å². The Balaban J connectivity index is 2.46. The van der Waals surface area contributed by atoms with Crippen LogP contribution in [-0.4, -0.2) is 22.5 Å². The van der Waals surface area contributed by atoms with Gasteiger partial charge >= 0.3 is 0 Å². The first-order valence-corrected chi connectivity index (χ1v) is 8.51. The van der Waals surface area contributed by atoms with E-state index in [2.05, 4.69) is 32.6 Å². The van der Waals surface area contributed by atoms with Gasteiger partial charge in [-0.05, 0) is 30.5 Å². The van der Waals surface area contributed by atoms with Crippen LogP contribution in [0.1, 0.15) is 38.3 Å². The average Bonchev–Trinajstić information content (AvgIpc) is 2.44. The molecule has 0 heterocycles. The molecular weight excluding hydrogens is 252 g/mol. The molecule has 2 unspecified atom stereocenters. The zero-order valence-electron chi connectivity index (χ0n) is 12.4. The van der Waals surface area contributed by atoms with E-state index in [1.54, 1.807) is 0 Å². The normalized spacial score (nSPS) is 14.7. The Morgan fingerprint density at radius 1 is 1.32 bits per heavy atom. The summed E-state index contributed by atoms with van der Waals surface area (Å²) in [6.45, 7) is 11.7. The van der Waals surface area contributed by atoms with E-state index >= 15 is 0 Å². The molecule has 3 heteroatoms. The Bertz CT molecular complexity index is 379. The SMILES string of the molecule is C=Cc1ccccc1CO[SiH2]C(CC)C(C)OCC. The fraction of sp³-hybridized carbons (Fsp3) is 0.500. The first-order chi connectivity index (χ1) is 9.22. The third-order valence-corrected chi connectivity index (χ3v) is 5.59.